The molecule has 2 heterocycles. The van der Waals surface area contributed by atoms with Gasteiger partial charge < -0.3 is 9.88 Å². The molecule has 3 heteroatoms. The molecule has 0 aliphatic carbocycles. The zero-order valence-electron chi connectivity index (χ0n) is 10.1. The van der Waals surface area contributed by atoms with E-state index < -0.39 is 0 Å². The van der Waals surface area contributed by atoms with Crippen LogP contribution in [-0.2, 0) is 13.6 Å². The molecule has 17 heavy (non-hydrogen) atoms. The van der Waals surface area contributed by atoms with E-state index in [-0.39, 0.29) is 0 Å². The number of nitrogens with zero attached hydrogens (tertiary/aromatic N) is 2. The van der Waals surface area contributed by atoms with Gasteiger partial charge in [0.1, 0.15) is 0 Å². The Balaban J connectivity index is 2.38. The number of hydrogen-bond donors (Lipinski definition) is 1. The van der Waals surface area contributed by atoms with Crippen molar-refractivity contribution in [2.75, 3.05) is 7.05 Å². The van der Waals surface area contributed by atoms with Gasteiger partial charge in [0.15, 0.2) is 0 Å². The standard InChI is InChI=1S/C14H15N3/c1-15-8-10-3-4-13-11(7-10)12-9-16-6-5-14(12)17(13)2/h3-7,9,15H,8H2,1-2H3. The molecule has 0 aliphatic heterocycles. The Hall–Kier alpha value is -1.87. The number of aromatic nitrogens is 2. The molecule has 0 spiro atoms. The number of aryl methyl sites for hydroxylation is 1. The number of fused-ring (bicyclic) bond motifs is 3. The van der Waals surface area contributed by atoms with Gasteiger partial charge in [0, 0.05) is 42.3 Å². The summed E-state index contributed by atoms with van der Waals surface area (Å²) in [4.78, 5) is 4.22. The summed E-state index contributed by atoms with van der Waals surface area (Å²) in [5, 5.41) is 5.69. The van der Waals surface area contributed by atoms with Crippen LogP contribution in [0.15, 0.2) is 36.7 Å². The summed E-state index contributed by atoms with van der Waals surface area (Å²) in [7, 11) is 4.07. The first-order chi connectivity index (χ1) is 8.31. The third kappa shape index (κ3) is 1.51. The fourth-order valence-corrected chi connectivity index (χ4v) is 2.42. The van der Waals surface area contributed by atoms with E-state index in [2.05, 4.69) is 46.2 Å². The first-order valence-corrected chi connectivity index (χ1v) is 5.77. The Kier molecular flexibility index (Phi) is 2.34. The molecule has 0 aliphatic rings. The molecule has 0 saturated heterocycles. The van der Waals surface area contributed by atoms with Crippen LogP contribution in [-0.4, -0.2) is 16.6 Å². The summed E-state index contributed by atoms with van der Waals surface area (Å²) in [5.74, 6) is 0. The van der Waals surface area contributed by atoms with E-state index in [0.29, 0.717) is 0 Å². The molecule has 1 aromatic carbocycles. The first kappa shape index (κ1) is 10.3. The van der Waals surface area contributed by atoms with Crippen LogP contribution < -0.4 is 5.32 Å². The second-order valence-corrected chi connectivity index (χ2v) is 4.33. The highest BCUT2D eigenvalue weighted by molar-refractivity contribution is 6.07. The number of rotatable bonds is 2. The first-order valence-electron chi connectivity index (χ1n) is 5.77. The molecular formula is C14H15N3. The molecule has 0 radical (unpaired) electrons. The van der Waals surface area contributed by atoms with Crippen molar-refractivity contribution in [2.24, 2.45) is 7.05 Å². The van der Waals surface area contributed by atoms with E-state index in [4.69, 9.17) is 0 Å². The Morgan fingerprint density at radius 1 is 1.18 bits per heavy atom. The molecule has 0 bridgehead atoms. The average Bonchev–Trinajstić information content (AvgIpc) is 2.65. The van der Waals surface area contributed by atoms with Crippen LogP contribution in [0.4, 0.5) is 0 Å². The summed E-state index contributed by atoms with van der Waals surface area (Å²) in [6, 6.07) is 8.66. The van der Waals surface area contributed by atoms with E-state index in [9.17, 15) is 0 Å². The Labute approximate surface area is 100 Å². The van der Waals surface area contributed by atoms with E-state index in [1.165, 1.54) is 27.4 Å². The third-order valence-corrected chi connectivity index (χ3v) is 3.25. The maximum Gasteiger partial charge on any atom is 0.0519 e. The second kappa shape index (κ2) is 3.86. The van der Waals surface area contributed by atoms with E-state index in [1.54, 1.807) is 0 Å². The van der Waals surface area contributed by atoms with Crippen LogP contribution in [0.2, 0.25) is 0 Å². The summed E-state index contributed by atoms with van der Waals surface area (Å²) in [6.45, 7) is 0.895. The summed E-state index contributed by atoms with van der Waals surface area (Å²) in [6.07, 6.45) is 3.79. The molecule has 3 nitrogen and oxygen atoms in total. The Morgan fingerprint density at radius 3 is 2.82 bits per heavy atom. The number of pyridine rings is 1. The maximum absolute atomic E-state index is 4.22. The highest BCUT2D eigenvalue weighted by atomic mass is 14.9. The molecule has 2 aromatic heterocycles. The highest BCUT2D eigenvalue weighted by Crippen LogP contribution is 2.27. The van der Waals surface area contributed by atoms with Gasteiger partial charge in [-0.1, -0.05) is 6.07 Å². The lowest BCUT2D eigenvalue weighted by Crippen LogP contribution is -2.04. The summed E-state index contributed by atoms with van der Waals surface area (Å²) >= 11 is 0. The monoisotopic (exact) mass is 225 g/mol. The summed E-state index contributed by atoms with van der Waals surface area (Å²) < 4.78 is 2.22. The van der Waals surface area contributed by atoms with E-state index >= 15 is 0 Å². The molecule has 0 atom stereocenters. The van der Waals surface area contributed by atoms with Crippen LogP contribution in [0, 0.1) is 0 Å². The van der Waals surface area contributed by atoms with Gasteiger partial charge in [-0.25, -0.2) is 0 Å². The third-order valence-electron chi connectivity index (χ3n) is 3.25. The molecule has 86 valence electrons. The van der Waals surface area contributed by atoms with Gasteiger partial charge in [-0.15, -0.1) is 0 Å². The molecule has 1 N–H and O–H groups in total. The lowest BCUT2D eigenvalue weighted by atomic mass is 10.1. The predicted molar refractivity (Wildman–Crippen MR) is 71.0 cm³/mol. The van der Waals surface area contributed by atoms with Gasteiger partial charge in [-0.3, -0.25) is 4.98 Å². The number of hydrogen-bond acceptors (Lipinski definition) is 2. The van der Waals surface area contributed by atoms with E-state index in [1.807, 2.05) is 19.4 Å². The van der Waals surface area contributed by atoms with Gasteiger partial charge in [-0.2, -0.15) is 0 Å². The summed E-state index contributed by atoms with van der Waals surface area (Å²) in [5.41, 5.74) is 3.79. The van der Waals surface area contributed by atoms with Crippen LogP contribution in [0.1, 0.15) is 5.56 Å². The topological polar surface area (TPSA) is 29.9 Å². The van der Waals surface area contributed by atoms with Crippen LogP contribution >= 0.6 is 0 Å². The van der Waals surface area contributed by atoms with Crippen molar-refractivity contribution in [1.82, 2.24) is 14.9 Å². The quantitative estimate of drug-likeness (QED) is 0.726. The van der Waals surface area contributed by atoms with Crippen LogP contribution in [0.3, 0.4) is 0 Å². The fraction of sp³-hybridized carbons (Fsp3) is 0.214. The highest BCUT2D eigenvalue weighted by Gasteiger charge is 2.07. The number of benzene rings is 1. The lowest BCUT2D eigenvalue weighted by Gasteiger charge is -2.01. The largest absolute Gasteiger partial charge is 0.344 e. The number of nitrogens with one attached hydrogen (secondary N) is 1. The minimum absolute atomic E-state index is 0.895. The smallest absolute Gasteiger partial charge is 0.0519 e. The van der Waals surface area contributed by atoms with Crippen LogP contribution in [0.25, 0.3) is 21.8 Å². The maximum atomic E-state index is 4.22. The molecule has 0 saturated carbocycles. The lowest BCUT2D eigenvalue weighted by molar-refractivity contribution is 0.819. The predicted octanol–water partition coefficient (Wildman–Crippen LogP) is 2.45. The van der Waals surface area contributed by atoms with Crippen molar-refractivity contribution >= 4 is 21.8 Å². The van der Waals surface area contributed by atoms with Gasteiger partial charge in [0.05, 0.1) is 5.52 Å². The fourth-order valence-electron chi connectivity index (χ4n) is 2.42. The van der Waals surface area contributed by atoms with Crippen molar-refractivity contribution in [2.45, 2.75) is 6.54 Å². The minimum atomic E-state index is 0.895. The Morgan fingerprint density at radius 2 is 2.00 bits per heavy atom. The zero-order chi connectivity index (χ0) is 11.8. The van der Waals surface area contributed by atoms with Crippen molar-refractivity contribution in [1.29, 1.82) is 0 Å². The molecular weight excluding hydrogens is 210 g/mol. The van der Waals surface area contributed by atoms with Crippen molar-refractivity contribution in [3.63, 3.8) is 0 Å². The van der Waals surface area contributed by atoms with Crippen molar-refractivity contribution < 1.29 is 0 Å². The van der Waals surface area contributed by atoms with Gasteiger partial charge >= 0.3 is 0 Å². The molecule has 3 aromatic rings. The second-order valence-electron chi connectivity index (χ2n) is 4.33. The molecule has 0 fully saturated rings. The molecule has 3 rings (SSSR count). The van der Waals surface area contributed by atoms with Crippen molar-refractivity contribution in [3.8, 4) is 0 Å². The average molecular weight is 225 g/mol. The SMILES string of the molecule is CNCc1ccc2c(c1)c1cnccc1n2C. The van der Waals surface area contributed by atoms with E-state index in [0.717, 1.165) is 6.54 Å². The Bertz CT molecular complexity index is 682. The minimum Gasteiger partial charge on any atom is -0.344 e. The van der Waals surface area contributed by atoms with Gasteiger partial charge in [0.25, 0.3) is 0 Å². The van der Waals surface area contributed by atoms with Gasteiger partial charge in [0.2, 0.25) is 0 Å². The molecule has 0 amide bonds. The van der Waals surface area contributed by atoms with Crippen molar-refractivity contribution in [3.05, 3.63) is 42.2 Å². The molecule has 0 unspecified atom stereocenters. The normalized spacial score (nSPS) is 11.4. The van der Waals surface area contributed by atoms with Crippen LogP contribution in [0.5, 0.6) is 0 Å². The zero-order valence-corrected chi connectivity index (χ0v) is 10.1. The van der Waals surface area contributed by atoms with Gasteiger partial charge in [-0.05, 0) is 30.8 Å².